The van der Waals surface area contributed by atoms with E-state index in [9.17, 15) is 35.4 Å². The van der Waals surface area contributed by atoms with Crippen molar-refractivity contribution in [1.82, 2.24) is 0 Å². The zero-order chi connectivity index (χ0) is 26.4. The average molecular weight is 513 g/mol. The Bertz CT molecular complexity index is 873. The number of carbonyl (C=O) groups is 1. The van der Waals surface area contributed by atoms with Crippen LogP contribution in [0.4, 0.5) is 0 Å². The second-order valence-electron chi connectivity index (χ2n) is 11.4. The molecule has 0 amide bonds. The smallest absolute Gasteiger partial charge is 0.336 e. The van der Waals surface area contributed by atoms with Crippen molar-refractivity contribution in [3.63, 3.8) is 0 Å². The van der Waals surface area contributed by atoms with E-state index in [0.29, 0.717) is 12.8 Å². The van der Waals surface area contributed by atoms with E-state index in [1.165, 1.54) is 0 Å². The van der Waals surface area contributed by atoms with E-state index >= 15 is 0 Å². The monoisotopic (exact) mass is 512 g/mol. The lowest BCUT2D eigenvalue weighted by atomic mass is 9.46. The highest BCUT2D eigenvalue weighted by atomic mass is 16.7. The Morgan fingerprint density at radius 2 is 1.83 bits per heavy atom. The molecular weight excluding hydrogens is 472 g/mol. The van der Waals surface area contributed by atoms with Crippen LogP contribution in [0, 0.1) is 22.7 Å². The largest absolute Gasteiger partial charge is 0.459 e. The highest BCUT2D eigenvalue weighted by molar-refractivity contribution is 5.91. The van der Waals surface area contributed by atoms with E-state index in [1.54, 1.807) is 6.08 Å². The van der Waals surface area contributed by atoms with E-state index in [1.807, 2.05) is 6.92 Å². The van der Waals surface area contributed by atoms with Gasteiger partial charge in [0.15, 0.2) is 6.29 Å². The predicted molar refractivity (Wildman–Crippen MR) is 126 cm³/mol. The van der Waals surface area contributed by atoms with Crippen LogP contribution in [0.3, 0.4) is 0 Å². The van der Waals surface area contributed by atoms with Crippen LogP contribution in [0.5, 0.6) is 0 Å². The maximum absolute atomic E-state index is 12.0. The predicted octanol–water partition coefficient (Wildman–Crippen LogP) is -0.213. The van der Waals surface area contributed by atoms with Crippen LogP contribution >= 0.6 is 0 Å². The zero-order valence-corrected chi connectivity index (χ0v) is 21.0. The Balaban J connectivity index is 1.54. The van der Waals surface area contributed by atoms with Gasteiger partial charge < -0.3 is 44.8 Å². The fourth-order valence-corrected chi connectivity index (χ4v) is 7.01. The first-order valence-corrected chi connectivity index (χ1v) is 12.8. The van der Waals surface area contributed by atoms with Gasteiger partial charge in [-0.05, 0) is 49.4 Å². The van der Waals surface area contributed by atoms with Gasteiger partial charge in [0.1, 0.15) is 37.1 Å². The molecular formula is C26H40O10. The van der Waals surface area contributed by atoms with E-state index in [2.05, 4.69) is 13.5 Å². The molecule has 2 saturated carbocycles. The first-order chi connectivity index (χ1) is 16.9. The Labute approximate surface area is 211 Å². The second kappa shape index (κ2) is 10.4. The quantitative estimate of drug-likeness (QED) is 0.159. The van der Waals surface area contributed by atoms with Crippen molar-refractivity contribution < 1.29 is 49.6 Å². The van der Waals surface area contributed by atoms with Crippen LogP contribution in [-0.2, 0) is 19.0 Å². The lowest BCUT2D eigenvalue weighted by Crippen LogP contribution is -2.61. The maximum Gasteiger partial charge on any atom is 0.336 e. The first kappa shape index (κ1) is 27.7. The van der Waals surface area contributed by atoms with Crippen molar-refractivity contribution in [2.45, 2.75) is 88.9 Å². The molecule has 11 atom stereocenters. The fourth-order valence-electron chi connectivity index (χ4n) is 7.01. The molecule has 4 rings (SSSR count). The third-order valence-electron chi connectivity index (χ3n) is 9.30. The van der Waals surface area contributed by atoms with Crippen molar-refractivity contribution >= 4 is 5.97 Å². The molecule has 2 aliphatic carbocycles. The Kier molecular flexibility index (Phi) is 8.00. The number of fused-ring (bicyclic) bond motifs is 1. The fraction of sp³-hybridized carbons (Fsp3) is 0.808. The molecule has 204 valence electrons. The van der Waals surface area contributed by atoms with E-state index in [0.717, 1.165) is 24.8 Å². The lowest BCUT2D eigenvalue weighted by molar-refractivity contribution is -0.313. The molecule has 0 unspecified atom stereocenters. The van der Waals surface area contributed by atoms with Gasteiger partial charge in [-0.25, -0.2) is 4.79 Å². The van der Waals surface area contributed by atoms with E-state index < -0.39 is 60.9 Å². The molecule has 0 aromatic carbocycles. The van der Waals surface area contributed by atoms with Crippen molar-refractivity contribution in [2.75, 3.05) is 19.8 Å². The van der Waals surface area contributed by atoms with Crippen LogP contribution in [-0.4, -0.2) is 99.3 Å². The summed E-state index contributed by atoms with van der Waals surface area (Å²) in [5.74, 6) is -0.473. The molecule has 0 spiro atoms. The third kappa shape index (κ3) is 4.67. The molecule has 0 bridgehead atoms. The molecule has 0 aromatic rings. The van der Waals surface area contributed by atoms with Crippen molar-refractivity contribution in [1.29, 1.82) is 0 Å². The normalized spacial score (nSPS) is 48.7. The first-order valence-electron chi connectivity index (χ1n) is 12.8. The van der Waals surface area contributed by atoms with Crippen LogP contribution in [0.2, 0.25) is 0 Å². The Morgan fingerprint density at radius 1 is 1.11 bits per heavy atom. The average Bonchev–Trinajstić information content (AvgIpc) is 3.16. The SMILES string of the molecule is C=C1CC[C@@H]2[C@](C)(CO[C@@H]3O[C@H](CO)[C@@H](O)[C@H](O)[C@H]3O)[C@H](O)CC[C@]2(C)[C@@H]1C/C=C1/C(=O)OC[C@H]1O. The minimum atomic E-state index is -1.54. The van der Waals surface area contributed by atoms with Crippen LogP contribution in [0.25, 0.3) is 0 Å². The van der Waals surface area contributed by atoms with Crippen LogP contribution in [0.1, 0.15) is 46.0 Å². The molecule has 2 heterocycles. The standard InChI is InChI=1S/C26H40O10/c1-13-4-7-18-25(2,15(13)6-5-14-16(28)11-34-23(14)33)9-8-19(29)26(18,3)12-35-24-22(32)21(31)20(30)17(10-27)36-24/h5,15-22,24,27-32H,1,4,6-12H2,2-3H3/b14-5+/t15-,16-,17-,18+,19-,20-,21+,22-,24-,25-,26+/m1/s1. The maximum atomic E-state index is 12.0. The van der Waals surface area contributed by atoms with E-state index in [4.69, 9.17) is 14.2 Å². The number of ether oxygens (including phenoxy) is 3. The molecule has 4 aliphatic rings. The summed E-state index contributed by atoms with van der Waals surface area (Å²) in [6, 6.07) is 0. The van der Waals surface area contributed by atoms with Gasteiger partial charge in [-0.15, -0.1) is 0 Å². The highest BCUT2D eigenvalue weighted by Gasteiger charge is 2.58. The Morgan fingerprint density at radius 3 is 2.47 bits per heavy atom. The van der Waals surface area contributed by atoms with Gasteiger partial charge in [0.2, 0.25) is 0 Å². The third-order valence-corrected chi connectivity index (χ3v) is 9.30. The summed E-state index contributed by atoms with van der Waals surface area (Å²) in [7, 11) is 0. The van der Waals surface area contributed by atoms with E-state index in [-0.39, 0.29) is 36.0 Å². The lowest BCUT2D eigenvalue weighted by Gasteiger charge is -2.60. The molecule has 0 aromatic heterocycles. The van der Waals surface area contributed by atoms with Crippen LogP contribution < -0.4 is 0 Å². The molecule has 4 fully saturated rings. The van der Waals surface area contributed by atoms with Gasteiger partial charge in [0.25, 0.3) is 0 Å². The van der Waals surface area contributed by atoms with Gasteiger partial charge >= 0.3 is 5.97 Å². The minimum absolute atomic E-state index is 0.00740. The zero-order valence-electron chi connectivity index (χ0n) is 21.0. The number of esters is 1. The van der Waals surface area contributed by atoms with Gasteiger partial charge in [0, 0.05) is 5.41 Å². The molecule has 10 heteroatoms. The summed E-state index contributed by atoms with van der Waals surface area (Å²) in [6.45, 7) is 7.89. The number of carbonyl (C=O) groups excluding carboxylic acids is 1. The summed E-state index contributed by atoms with van der Waals surface area (Å²) in [5, 5.41) is 61.3. The van der Waals surface area contributed by atoms with Crippen LogP contribution in [0.15, 0.2) is 23.8 Å². The van der Waals surface area contributed by atoms with Gasteiger partial charge in [-0.3, -0.25) is 0 Å². The second-order valence-corrected chi connectivity index (χ2v) is 11.4. The molecule has 2 saturated heterocycles. The summed E-state index contributed by atoms with van der Waals surface area (Å²) in [4.78, 5) is 12.0. The van der Waals surface area contributed by atoms with Crippen molar-refractivity contribution in [3.8, 4) is 0 Å². The molecule has 36 heavy (non-hydrogen) atoms. The Hall–Kier alpha value is -1.37. The van der Waals surface area contributed by atoms with Gasteiger partial charge in [-0.1, -0.05) is 32.1 Å². The van der Waals surface area contributed by atoms with Gasteiger partial charge in [0.05, 0.1) is 24.9 Å². The molecule has 0 radical (unpaired) electrons. The van der Waals surface area contributed by atoms with Crippen molar-refractivity contribution in [3.05, 3.63) is 23.8 Å². The number of aliphatic hydroxyl groups is 6. The molecule has 10 nitrogen and oxygen atoms in total. The van der Waals surface area contributed by atoms with Crippen molar-refractivity contribution in [2.24, 2.45) is 22.7 Å². The number of aliphatic hydroxyl groups excluding tert-OH is 6. The minimum Gasteiger partial charge on any atom is -0.459 e. The topological polar surface area (TPSA) is 166 Å². The number of hydrogen-bond acceptors (Lipinski definition) is 10. The molecule has 2 aliphatic heterocycles. The number of allylic oxidation sites excluding steroid dienone is 2. The summed E-state index contributed by atoms with van der Waals surface area (Å²) >= 11 is 0. The summed E-state index contributed by atoms with van der Waals surface area (Å²) in [5.41, 5.74) is 0.356. The van der Waals surface area contributed by atoms with Gasteiger partial charge in [-0.2, -0.15) is 0 Å². The summed E-state index contributed by atoms with van der Waals surface area (Å²) < 4.78 is 16.4. The number of hydrogen-bond donors (Lipinski definition) is 6. The highest BCUT2D eigenvalue weighted by Crippen LogP contribution is 2.62. The summed E-state index contributed by atoms with van der Waals surface area (Å²) in [6.07, 6.45) is -3.42. The number of rotatable bonds is 6. The molecule has 6 N–H and O–H groups in total. The number of cyclic esters (lactones) is 1.